The molecule has 1 aliphatic rings. The van der Waals surface area contributed by atoms with Gasteiger partial charge in [-0.1, -0.05) is 31.2 Å². The Hall–Kier alpha value is -1.46. The molecule has 0 spiro atoms. The van der Waals surface area contributed by atoms with E-state index in [2.05, 4.69) is 40.5 Å². The predicted octanol–water partition coefficient (Wildman–Crippen LogP) is 2.09. The Morgan fingerprint density at radius 3 is 3.10 bits per heavy atom. The molecular weight excluding hydrogens is 268 g/mol. The molecule has 0 bridgehead atoms. The zero-order valence-corrected chi connectivity index (χ0v) is 12.7. The molecule has 4 nitrogen and oxygen atoms in total. The van der Waals surface area contributed by atoms with E-state index in [1.165, 1.54) is 31.5 Å². The zero-order chi connectivity index (χ0) is 14.4. The molecule has 2 rings (SSSR count). The van der Waals surface area contributed by atoms with Crippen molar-refractivity contribution >= 4 is 23.5 Å². The molecule has 1 aromatic carbocycles. The number of piperidine rings is 1. The Kier molecular flexibility index (Phi) is 5.49. The molecule has 0 amide bonds. The molecule has 3 N–H and O–H groups in total. The number of hydrogen-bond acceptors (Lipinski definition) is 3. The largest absolute Gasteiger partial charge is 0.375 e. The highest BCUT2D eigenvalue weighted by Crippen LogP contribution is 2.18. The van der Waals surface area contributed by atoms with Gasteiger partial charge in [0.2, 0.25) is 0 Å². The fourth-order valence-corrected chi connectivity index (χ4v) is 2.69. The molecule has 1 fully saturated rings. The Morgan fingerprint density at radius 2 is 2.35 bits per heavy atom. The van der Waals surface area contributed by atoms with E-state index < -0.39 is 0 Å². The number of nitrogens with two attached hydrogens (primary N) is 1. The smallest absolute Gasteiger partial charge is 0.184 e. The van der Waals surface area contributed by atoms with E-state index in [9.17, 15) is 0 Å². The van der Waals surface area contributed by atoms with Crippen molar-refractivity contribution in [1.82, 2.24) is 10.3 Å². The topological polar surface area (TPSA) is 53.6 Å². The van der Waals surface area contributed by atoms with Crippen LogP contribution in [0.5, 0.6) is 0 Å². The normalized spacial score (nSPS) is 20.1. The first-order valence-corrected chi connectivity index (χ1v) is 7.44. The fraction of sp³-hybridized carbons (Fsp3) is 0.467. The first-order valence-electron chi connectivity index (χ1n) is 7.04. The van der Waals surface area contributed by atoms with Crippen LogP contribution < -0.4 is 11.2 Å². The van der Waals surface area contributed by atoms with Gasteiger partial charge in [0.05, 0.1) is 6.21 Å². The first kappa shape index (κ1) is 14.9. The summed E-state index contributed by atoms with van der Waals surface area (Å²) in [5.74, 6) is 0.792. The zero-order valence-electron chi connectivity index (χ0n) is 11.9. The molecule has 5 heteroatoms. The molecular formula is C15H22N4S. The Balaban J connectivity index is 2.03. The van der Waals surface area contributed by atoms with E-state index in [0.29, 0.717) is 0 Å². The summed E-state index contributed by atoms with van der Waals surface area (Å²) >= 11 is 4.73. The lowest BCUT2D eigenvalue weighted by molar-refractivity contribution is 0.176. The third-order valence-corrected chi connectivity index (χ3v) is 3.66. The van der Waals surface area contributed by atoms with Gasteiger partial charge >= 0.3 is 0 Å². The lowest BCUT2D eigenvalue weighted by atomic mass is 9.99. The van der Waals surface area contributed by atoms with Gasteiger partial charge in [0.15, 0.2) is 5.11 Å². The van der Waals surface area contributed by atoms with Crippen molar-refractivity contribution in [1.29, 1.82) is 0 Å². The van der Waals surface area contributed by atoms with Crippen LogP contribution in [0.15, 0.2) is 29.4 Å². The minimum atomic E-state index is 0.184. The van der Waals surface area contributed by atoms with E-state index in [1.807, 2.05) is 6.07 Å². The Labute approximate surface area is 126 Å². The molecule has 1 atom stereocenters. The number of nitrogens with zero attached hydrogens (tertiary/aromatic N) is 2. The van der Waals surface area contributed by atoms with Crippen molar-refractivity contribution in [2.75, 3.05) is 13.1 Å². The Bertz CT molecular complexity index is 487. The number of likely N-dealkylation sites (tertiary alicyclic amines) is 1. The highest BCUT2D eigenvalue weighted by molar-refractivity contribution is 7.80. The van der Waals surface area contributed by atoms with Crippen molar-refractivity contribution in [2.45, 2.75) is 26.3 Å². The van der Waals surface area contributed by atoms with E-state index in [-0.39, 0.29) is 5.11 Å². The van der Waals surface area contributed by atoms with Crippen LogP contribution in [0.1, 0.15) is 30.9 Å². The minimum absolute atomic E-state index is 0.184. The van der Waals surface area contributed by atoms with Gasteiger partial charge in [-0.05, 0) is 48.6 Å². The monoisotopic (exact) mass is 290 g/mol. The van der Waals surface area contributed by atoms with Crippen molar-refractivity contribution in [3.63, 3.8) is 0 Å². The quantitative estimate of drug-likeness (QED) is 0.506. The summed E-state index contributed by atoms with van der Waals surface area (Å²) in [7, 11) is 0. The summed E-state index contributed by atoms with van der Waals surface area (Å²) in [5.41, 5.74) is 10.3. The number of benzene rings is 1. The van der Waals surface area contributed by atoms with Gasteiger partial charge in [-0.25, -0.2) is 0 Å². The van der Waals surface area contributed by atoms with Crippen LogP contribution in [0, 0.1) is 5.92 Å². The maximum Gasteiger partial charge on any atom is 0.184 e. The molecule has 20 heavy (non-hydrogen) atoms. The first-order chi connectivity index (χ1) is 9.65. The lowest BCUT2D eigenvalue weighted by Crippen LogP contribution is -2.34. The molecule has 1 aliphatic heterocycles. The fourth-order valence-electron chi connectivity index (χ4n) is 2.64. The van der Waals surface area contributed by atoms with Crippen LogP contribution in [-0.4, -0.2) is 29.3 Å². The second kappa shape index (κ2) is 7.36. The summed E-state index contributed by atoms with van der Waals surface area (Å²) in [6.45, 7) is 5.66. The van der Waals surface area contributed by atoms with E-state index in [4.69, 9.17) is 18.0 Å². The third-order valence-electron chi connectivity index (χ3n) is 3.57. The van der Waals surface area contributed by atoms with E-state index in [1.54, 1.807) is 6.21 Å². The van der Waals surface area contributed by atoms with Gasteiger partial charge in [-0.2, -0.15) is 5.10 Å². The molecule has 1 saturated heterocycles. The number of hydrogen-bond donors (Lipinski definition) is 2. The molecule has 1 aromatic rings. The number of hydrazone groups is 1. The van der Waals surface area contributed by atoms with Crippen LogP contribution in [-0.2, 0) is 6.54 Å². The maximum atomic E-state index is 5.36. The molecule has 0 aromatic heterocycles. The Morgan fingerprint density at radius 1 is 1.55 bits per heavy atom. The summed E-state index contributed by atoms with van der Waals surface area (Å²) in [6.07, 6.45) is 4.42. The average Bonchev–Trinajstić information content (AvgIpc) is 2.40. The lowest BCUT2D eigenvalue weighted by Gasteiger charge is -2.31. The molecule has 0 aliphatic carbocycles. The van der Waals surface area contributed by atoms with Crippen LogP contribution in [0.2, 0.25) is 0 Å². The van der Waals surface area contributed by atoms with Crippen molar-refractivity contribution in [3.05, 3.63) is 35.4 Å². The van der Waals surface area contributed by atoms with Gasteiger partial charge in [-0.15, -0.1) is 0 Å². The minimum Gasteiger partial charge on any atom is -0.375 e. The molecule has 1 unspecified atom stereocenters. The summed E-state index contributed by atoms with van der Waals surface area (Å²) < 4.78 is 0. The summed E-state index contributed by atoms with van der Waals surface area (Å²) in [5, 5.41) is 4.23. The average molecular weight is 290 g/mol. The highest BCUT2D eigenvalue weighted by atomic mass is 32.1. The van der Waals surface area contributed by atoms with Gasteiger partial charge in [0.1, 0.15) is 0 Å². The summed E-state index contributed by atoms with van der Waals surface area (Å²) in [4.78, 5) is 2.52. The van der Waals surface area contributed by atoms with Gasteiger partial charge in [0, 0.05) is 13.1 Å². The molecule has 108 valence electrons. The highest BCUT2D eigenvalue weighted by Gasteiger charge is 2.16. The van der Waals surface area contributed by atoms with Crippen molar-refractivity contribution in [2.24, 2.45) is 16.8 Å². The second-order valence-electron chi connectivity index (χ2n) is 5.42. The maximum absolute atomic E-state index is 5.36. The van der Waals surface area contributed by atoms with Crippen LogP contribution in [0.4, 0.5) is 0 Å². The number of rotatable bonds is 4. The predicted molar refractivity (Wildman–Crippen MR) is 87.6 cm³/mol. The molecule has 0 saturated carbocycles. The van der Waals surface area contributed by atoms with Crippen molar-refractivity contribution < 1.29 is 0 Å². The van der Waals surface area contributed by atoms with Crippen LogP contribution in [0.3, 0.4) is 0 Å². The number of nitrogens with one attached hydrogen (secondary N) is 1. The van der Waals surface area contributed by atoms with Gasteiger partial charge < -0.3 is 5.73 Å². The summed E-state index contributed by atoms with van der Waals surface area (Å²) in [6, 6.07) is 8.31. The van der Waals surface area contributed by atoms with Crippen LogP contribution >= 0.6 is 12.2 Å². The SMILES string of the molecule is CC1CCCN(Cc2ccccc2C=NNC(N)=S)C1. The molecule has 1 heterocycles. The number of thiocarbonyl (C=S) groups is 1. The van der Waals surface area contributed by atoms with E-state index >= 15 is 0 Å². The molecule has 0 radical (unpaired) electrons. The van der Waals surface area contributed by atoms with Gasteiger partial charge in [-0.3, -0.25) is 10.3 Å². The standard InChI is InChI=1S/C15H22N4S/c1-12-5-4-8-19(10-12)11-14-7-3-2-6-13(14)9-17-18-15(16)20/h2-3,6-7,9,12H,4-5,8,10-11H2,1H3,(H3,16,18,20). The van der Waals surface area contributed by atoms with Crippen LogP contribution in [0.25, 0.3) is 0 Å². The van der Waals surface area contributed by atoms with Gasteiger partial charge in [0.25, 0.3) is 0 Å². The van der Waals surface area contributed by atoms with Crippen molar-refractivity contribution in [3.8, 4) is 0 Å². The second-order valence-corrected chi connectivity index (χ2v) is 5.86. The third kappa shape index (κ3) is 4.58. The van der Waals surface area contributed by atoms with E-state index in [0.717, 1.165) is 18.0 Å².